The minimum Gasteiger partial charge on any atom is -0.424 e. The lowest BCUT2D eigenvalue weighted by atomic mass is 10.0. The molecule has 2 atom stereocenters. The molecule has 0 fully saturated rings. The van der Waals surface area contributed by atoms with Crippen LogP contribution in [0.1, 0.15) is 11.7 Å². The average molecular weight is 180 g/mol. The Balaban J connectivity index is 2.49. The molecule has 1 aromatic carbocycles. The molecule has 0 aromatic heterocycles. The predicted octanol–water partition coefficient (Wildman–Crippen LogP) is -0.000100. The van der Waals surface area contributed by atoms with Crippen LogP contribution in [0.4, 0.5) is 0 Å². The van der Waals surface area contributed by atoms with Gasteiger partial charge in [0.1, 0.15) is 11.9 Å². The molecule has 0 amide bonds. The van der Waals surface area contributed by atoms with Crippen molar-refractivity contribution in [2.75, 3.05) is 0 Å². The van der Waals surface area contributed by atoms with Crippen molar-refractivity contribution in [2.24, 2.45) is 0 Å². The molecule has 1 heterocycles. The number of hydrogen-bond acceptors (Lipinski definition) is 4. The summed E-state index contributed by atoms with van der Waals surface area (Å²) in [5, 5.41) is 18.6. The zero-order valence-electron chi connectivity index (χ0n) is 6.68. The van der Waals surface area contributed by atoms with Gasteiger partial charge in [0.2, 0.25) is 0 Å². The van der Waals surface area contributed by atoms with E-state index in [1.165, 1.54) is 0 Å². The van der Waals surface area contributed by atoms with Gasteiger partial charge < -0.3 is 14.9 Å². The van der Waals surface area contributed by atoms with Gasteiger partial charge in [0, 0.05) is 5.56 Å². The number of benzene rings is 1. The molecule has 2 N–H and O–H groups in total. The Morgan fingerprint density at radius 3 is 2.62 bits per heavy atom. The molecular weight excluding hydrogens is 172 g/mol. The van der Waals surface area contributed by atoms with E-state index in [2.05, 4.69) is 0 Å². The van der Waals surface area contributed by atoms with Crippen molar-refractivity contribution in [3.63, 3.8) is 0 Å². The summed E-state index contributed by atoms with van der Waals surface area (Å²) in [5.74, 6) is -0.503. The van der Waals surface area contributed by atoms with Gasteiger partial charge in [-0.3, -0.25) is 0 Å². The minimum absolute atomic E-state index is 0.310. The molecule has 0 spiro atoms. The molecule has 4 nitrogen and oxygen atoms in total. The number of aliphatic hydroxyl groups excluding tert-OH is 2. The van der Waals surface area contributed by atoms with Gasteiger partial charge in [-0.1, -0.05) is 18.2 Å². The highest BCUT2D eigenvalue weighted by Crippen LogP contribution is 2.31. The highest BCUT2D eigenvalue weighted by molar-refractivity contribution is 5.80. The maximum Gasteiger partial charge on any atom is 0.343 e. The lowest BCUT2D eigenvalue weighted by molar-refractivity contribution is -0.153. The van der Waals surface area contributed by atoms with Crippen molar-refractivity contribution in [2.45, 2.75) is 12.2 Å². The third-order valence-corrected chi connectivity index (χ3v) is 1.99. The normalized spacial score (nSPS) is 26.5. The molecular formula is C9H8O4. The Labute approximate surface area is 74.4 Å². The first-order chi connectivity index (χ1) is 6.20. The van der Waals surface area contributed by atoms with Gasteiger partial charge in [0.05, 0.1) is 0 Å². The van der Waals surface area contributed by atoms with Crippen LogP contribution in [0.2, 0.25) is 0 Å². The number of hydrogen-bond donors (Lipinski definition) is 2. The second kappa shape index (κ2) is 2.83. The van der Waals surface area contributed by atoms with Crippen molar-refractivity contribution in [1.29, 1.82) is 0 Å². The summed E-state index contributed by atoms with van der Waals surface area (Å²) in [5.41, 5.74) is 0.439. The highest BCUT2D eigenvalue weighted by Gasteiger charge is 2.34. The molecule has 0 radical (unpaired) electrons. The van der Waals surface area contributed by atoms with Crippen LogP contribution in [0.3, 0.4) is 0 Å². The van der Waals surface area contributed by atoms with Crippen molar-refractivity contribution >= 4 is 5.97 Å². The number of ether oxygens (including phenoxy) is 1. The fraction of sp³-hybridized carbons (Fsp3) is 0.222. The summed E-state index contributed by atoms with van der Waals surface area (Å²) in [6.45, 7) is 0. The predicted molar refractivity (Wildman–Crippen MR) is 43.0 cm³/mol. The number of fused-ring (bicyclic) bond motifs is 1. The van der Waals surface area contributed by atoms with Crippen LogP contribution in [0.5, 0.6) is 5.75 Å². The van der Waals surface area contributed by atoms with Crippen LogP contribution in [0, 0.1) is 0 Å². The fourth-order valence-electron chi connectivity index (χ4n) is 1.29. The Hall–Kier alpha value is -1.39. The monoisotopic (exact) mass is 180 g/mol. The largest absolute Gasteiger partial charge is 0.424 e. The first kappa shape index (κ1) is 8.22. The maximum absolute atomic E-state index is 10.9. The van der Waals surface area contributed by atoms with Crippen LogP contribution < -0.4 is 4.74 Å². The lowest BCUT2D eigenvalue weighted by Gasteiger charge is -2.24. The molecule has 68 valence electrons. The fourth-order valence-corrected chi connectivity index (χ4v) is 1.29. The lowest BCUT2D eigenvalue weighted by Crippen LogP contribution is -2.36. The number of esters is 1. The number of carbonyl (C=O) groups excluding carboxylic acids is 1. The van der Waals surface area contributed by atoms with Gasteiger partial charge in [0.15, 0.2) is 6.10 Å². The number of carbonyl (C=O) groups is 1. The van der Waals surface area contributed by atoms with Gasteiger partial charge in [-0.05, 0) is 6.07 Å². The number of rotatable bonds is 0. The van der Waals surface area contributed by atoms with Crippen LogP contribution in [-0.2, 0) is 4.79 Å². The Kier molecular flexibility index (Phi) is 1.79. The summed E-state index contributed by atoms with van der Waals surface area (Å²) in [7, 11) is 0. The second-order valence-corrected chi connectivity index (χ2v) is 2.85. The van der Waals surface area contributed by atoms with E-state index in [9.17, 15) is 9.90 Å². The maximum atomic E-state index is 10.9. The Morgan fingerprint density at radius 2 is 1.85 bits per heavy atom. The van der Waals surface area contributed by atoms with Crippen molar-refractivity contribution in [3.8, 4) is 5.75 Å². The Bertz CT molecular complexity index is 347. The van der Waals surface area contributed by atoms with E-state index in [1.807, 2.05) is 0 Å². The molecule has 0 bridgehead atoms. The highest BCUT2D eigenvalue weighted by atomic mass is 16.6. The van der Waals surface area contributed by atoms with Crippen molar-refractivity contribution < 1.29 is 19.7 Å². The topological polar surface area (TPSA) is 66.8 Å². The minimum atomic E-state index is -1.48. The van der Waals surface area contributed by atoms with Crippen molar-refractivity contribution in [1.82, 2.24) is 0 Å². The molecule has 2 rings (SSSR count). The molecule has 13 heavy (non-hydrogen) atoms. The van der Waals surface area contributed by atoms with Gasteiger partial charge in [-0.2, -0.15) is 0 Å². The molecule has 0 aliphatic carbocycles. The van der Waals surface area contributed by atoms with Crippen LogP contribution in [0.15, 0.2) is 24.3 Å². The van der Waals surface area contributed by atoms with E-state index in [1.54, 1.807) is 24.3 Å². The summed E-state index contributed by atoms with van der Waals surface area (Å²) >= 11 is 0. The molecule has 0 saturated carbocycles. The van der Waals surface area contributed by atoms with Gasteiger partial charge in [-0.15, -0.1) is 0 Å². The van der Waals surface area contributed by atoms with Crippen LogP contribution in [-0.4, -0.2) is 22.3 Å². The molecule has 1 aliphatic heterocycles. The SMILES string of the molecule is O=C1Oc2ccccc2[C@@H](O)[C@H]1O. The molecule has 4 heteroatoms. The molecule has 1 aromatic rings. The third-order valence-electron chi connectivity index (χ3n) is 1.99. The Morgan fingerprint density at radius 1 is 1.15 bits per heavy atom. The third kappa shape index (κ3) is 1.20. The second-order valence-electron chi connectivity index (χ2n) is 2.85. The zero-order chi connectivity index (χ0) is 9.42. The van der Waals surface area contributed by atoms with E-state index in [4.69, 9.17) is 9.84 Å². The first-order valence-corrected chi connectivity index (χ1v) is 3.87. The molecule has 1 aliphatic rings. The summed E-state index contributed by atoms with van der Waals surface area (Å²) in [6.07, 6.45) is -2.66. The van der Waals surface area contributed by atoms with Crippen LogP contribution in [0.25, 0.3) is 0 Å². The van der Waals surface area contributed by atoms with Crippen LogP contribution >= 0.6 is 0 Å². The summed E-state index contributed by atoms with van der Waals surface area (Å²) in [4.78, 5) is 10.9. The van der Waals surface area contributed by atoms with E-state index in [0.717, 1.165) is 0 Å². The standard InChI is InChI=1S/C9H8O4/c10-7-5-3-1-2-4-6(5)13-9(12)8(7)11/h1-4,7-8,10-11H/t7-,8-/m1/s1. The smallest absolute Gasteiger partial charge is 0.343 e. The summed E-state index contributed by atoms with van der Waals surface area (Å²) < 4.78 is 4.77. The molecule has 0 unspecified atom stereocenters. The van der Waals surface area contributed by atoms with E-state index >= 15 is 0 Å². The number of para-hydroxylation sites is 1. The average Bonchev–Trinajstić information content (AvgIpc) is 2.15. The number of aliphatic hydroxyl groups is 2. The summed E-state index contributed by atoms with van der Waals surface area (Å²) in [6, 6.07) is 6.57. The van der Waals surface area contributed by atoms with Gasteiger partial charge in [-0.25, -0.2) is 4.79 Å². The van der Waals surface area contributed by atoms with Crippen molar-refractivity contribution in [3.05, 3.63) is 29.8 Å². The molecule has 0 saturated heterocycles. The van der Waals surface area contributed by atoms with E-state index in [0.29, 0.717) is 11.3 Å². The van der Waals surface area contributed by atoms with E-state index in [-0.39, 0.29) is 0 Å². The first-order valence-electron chi connectivity index (χ1n) is 3.87. The van der Waals surface area contributed by atoms with E-state index < -0.39 is 18.2 Å². The quantitative estimate of drug-likeness (QED) is 0.435. The zero-order valence-corrected chi connectivity index (χ0v) is 6.68. The van der Waals surface area contributed by atoms with Gasteiger partial charge in [0.25, 0.3) is 0 Å². The van der Waals surface area contributed by atoms with Gasteiger partial charge >= 0.3 is 5.97 Å².